The van der Waals surface area contributed by atoms with Crippen molar-refractivity contribution in [1.82, 2.24) is 8.75 Å². The van der Waals surface area contributed by atoms with E-state index in [9.17, 15) is 65.2 Å². The highest BCUT2D eigenvalue weighted by Gasteiger charge is 2.68. The zero-order valence-electron chi connectivity index (χ0n) is 25.9. The van der Waals surface area contributed by atoms with Crippen LogP contribution in [0.25, 0.3) is 52.8 Å². The lowest BCUT2D eigenvalue weighted by atomic mass is 10.0. The van der Waals surface area contributed by atoms with Gasteiger partial charge in [0.15, 0.2) is 11.5 Å². The zero-order valence-corrected chi connectivity index (χ0v) is 30.8. The van der Waals surface area contributed by atoms with E-state index in [1.165, 1.54) is 24.3 Å². The Hall–Kier alpha value is -4.12. The quantitative estimate of drug-likeness (QED) is 0.142. The maximum atomic E-state index is 13.9. The molecule has 3 aromatic heterocycles. The molecule has 6 nitrogen and oxygen atoms in total. The van der Waals surface area contributed by atoms with E-state index in [2.05, 4.69) is 26.9 Å². The first-order chi connectivity index (χ1) is 25.2. The third kappa shape index (κ3) is 8.02. The van der Waals surface area contributed by atoms with Crippen molar-refractivity contribution in [1.29, 1.82) is 0 Å². The molecule has 56 heavy (non-hydrogen) atoms. The molecule has 0 aliphatic carbocycles. The molecule has 0 spiro atoms. The van der Waals surface area contributed by atoms with Gasteiger partial charge in [-0.2, -0.15) is 17.5 Å². The number of ether oxygens (including phenoxy) is 2. The molecular formula is C28H10F16N4O2S6. The Morgan fingerprint density at radius 1 is 0.482 bits per heavy atom. The number of aromatic nitrogens is 2. The minimum absolute atomic E-state index is 0.0898. The summed E-state index contributed by atoms with van der Waals surface area (Å²) in [5.41, 5.74) is -0.403. The van der Waals surface area contributed by atoms with E-state index in [-0.39, 0.29) is 77.3 Å². The topological polar surface area (TPSA) is 69.0 Å². The van der Waals surface area contributed by atoms with Gasteiger partial charge >= 0.3 is 33.2 Å². The summed E-state index contributed by atoms with van der Waals surface area (Å²) in [6.07, 6.45) is -11.5. The summed E-state index contributed by atoms with van der Waals surface area (Å²) in [5, 5.41) is 0. The lowest BCUT2D eigenvalue weighted by molar-refractivity contribution is -0.276. The van der Waals surface area contributed by atoms with Crippen molar-refractivity contribution in [2.45, 2.75) is 22.5 Å². The number of nitrogens with zero attached hydrogens (tertiary/aromatic N) is 4. The second-order valence-corrected chi connectivity index (χ2v) is 19.3. The average molecular weight is 931 g/mol. The predicted molar refractivity (Wildman–Crippen MR) is 183 cm³/mol. The van der Waals surface area contributed by atoms with Gasteiger partial charge in [0.05, 0.1) is 23.1 Å². The summed E-state index contributed by atoms with van der Waals surface area (Å²) in [4.78, 5) is -5.69. The Morgan fingerprint density at radius 2 is 0.839 bits per heavy atom. The number of thiophene rings is 2. The molecule has 4 heterocycles. The van der Waals surface area contributed by atoms with Gasteiger partial charge in [-0.05, 0) is 71.8 Å². The van der Waals surface area contributed by atoms with Crippen LogP contribution < -0.4 is 9.47 Å². The van der Waals surface area contributed by atoms with Crippen molar-refractivity contribution in [2.75, 3.05) is 0 Å². The van der Waals surface area contributed by atoms with Crippen LogP contribution in [0.15, 0.2) is 79.2 Å². The van der Waals surface area contributed by atoms with Crippen LogP contribution in [0, 0.1) is 0 Å². The van der Waals surface area contributed by atoms with Crippen molar-refractivity contribution in [2.24, 2.45) is 8.73 Å². The highest BCUT2D eigenvalue weighted by Crippen LogP contribution is 3.04. The fourth-order valence-electron chi connectivity index (χ4n) is 5.32. The van der Waals surface area contributed by atoms with Crippen molar-refractivity contribution >= 4 is 88.6 Å². The van der Waals surface area contributed by atoms with E-state index in [4.69, 9.17) is 0 Å². The molecule has 0 N–H and O–H groups in total. The molecule has 7 rings (SSSR count). The second-order valence-electron chi connectivity index (χ2n) is 11.4. The molecule has 0 saturated carbocycles. The van der Waals surface area contributed by atoms with Crippen LogP contribution in [0.1, 0.15) is 0 Å². The van der Waals surface area contributed by atoms with E-state index < -0.39 is 65.6 Å². The van der Waals surface area contributed by atoms with Gasteiger partial charge in [0.1, 0.15) is 32.2 Å². The number of rotatable bonds is 8. The number of hydrogen-bond acceptors (Lipinski definition) is 9. The summed E-state index contributed by atoms with van der Waals surface area (Å²) in [6, 6.07) is 6.32. The molecule has 1 aliphatic rings. The summed E-state index contributed by atoms with van der Waals surface area (Å²) in [6.45, 7) is 0. The van der Waals surface area contributed by atoms with Crippen molar-refractivity contribution in [3.63, 3.8) is 0 Å². The van der Waals surface area contributed by atoms with Crippen LogP contribution >= 0.6 is 54.8 Å². The molecular weight excluding hydrogens is 921 g/mol. The molecule has 28 heteroatoms. The minimum Gasteiger partial charge on any atom is -0.404 e. The van der Waals surface area contributed by atoms with Gasteiger partial charge in [-0.3, -0.25) is 0 Å². The Balaban J connectivity index is 1.32. The van der Waals surface area contributed by atoms with Gasteiger partial charge in [-0.1, -0.05) is 38.9 Å². The molecule has 0 unspecified atom stereocenters. The Morgan fingerprint density at radius 3 is 1.18 bits per heavy atom. The largest absolute Gasteiger partial charge is 0.573 e. The predicted octanol–water partition coefficient (Wildman–Crippen LogP) is 16.3. The van der Waals surface area contributed by atoms with Gasteiger partial charge in [0, 0.05) is 30.6 Å². The normalized spacial score (nSPS) is 16.1. The maximum absolute atomic E-state index is 13.9. The van der Waals surface area contributed by atoms with Crippen LogP contribution in [0.5, 0.6) is 11.5 Å². The highest BCUT2D eigenvalue weighted by atomic mass is 32.5. The lowest BCUT2D eigenvalue weighted by Gasteiger charge is -2.41. The van der Waals surface area contributed by atoms with E-state index in [1.54, 1.807) is 0 Å². The lowest BCUT2D eigenvalue weighted by Crippen LogP contribution is -2.20. The molecule has 0 fully saturated rings. The number of halogens is 16. The zero-order chi connectivity index (χ0) is 41.2. The van der Waals surface area contributed by atoms with Gasteiger partial charge < -0.3 is 9.47 Å². The molecule has 302 valence electrons. The van der Waals surface area contributed by atoms with Gasteiger partial charge in [0.25, 0.3) is 0 Å². The molecule has 0 radical (unpaired) electrons. The molecule has 0 saturated heterocycles. The summed E-state index contributed by atoms with van der Waals surface area (Å²) in [7, 11) is -21.5. The summed E-state index contributed by atoms with van der Waals surface area (Å²) in [5.74, 6) is -4.33. The first-order valence-electron chi connectivity index (χ1n) is 14.1. The number of fused-ring (bicyclic) bond motifs is 2. The number of benzene rings is 3. The number of hydrogen-bond donors (Lipinski definition) is 0. The van der Waals surface area contributed by atoms with Crippen molar-refractivity contribution in [3.8, 4) is 53.3 Å². The van der Waals surface area contributed by atoms with E-state index in [1.807, 2.05) is 0 Å². The molecule has 3 aromatic carbocycles. The van der Waals surface area contributed by atoms with E-state index in [0.29, 0.717) is 57.9 Å². The van der Waals surface area contributed by atoms with Crippen LogP contribution in [0.4, 0.5) is 76.6 Å². The average Bonchev–Trinajstić information content (AvgIpc) is 3.83. The fourth-order valence-corrected chi connectivity index (χ4v) is 10.2. The minimum atomic E-state index is -10.8. The van der Waals surface area contributed by atoms with Crippen LogP contribution in [0.3, 0.4) is 0 Å². The Labute approximate surface area is 316 Å². The first kappa shape index (κ1) is 40.1. The SMILES string of the molecule is FC(F)(F)Oc1ccc(-c2ccc(-c3c4c(c(-c5ccc(-c6ccc(OC(F)(F)F)c(S(F)(F)(F)(F)F)c6)s5)c5nsnc35)N=S=N4)s2)cc1S(F)(F)(F)(F)F. The summed E-state index contributed by atoms with van der Waals surface area (Å²) >= 11 is 2.70. The van der Waals surface area contributed by atoms with Gasteiger partial charge in [0.2, 0.25) is 0 Å². The van der Waals surface area contributed by atoms with Crippen LogP contribution in [0.2, 0.25) is 0 Å². The fraction of sp³-hybridized carbons (Fsp3) is 0.0714. The van der Waals surface area contributed by atoms with Crippen molar-refractivity contribution in [3.05, 3.63) is 60.7 Å². The first-order valence-corrected chi connectivity index (χ1v) is 21.1. The maximum Gasteiger partial charge on any atom is 0.573 e. The van der Waals surface area contributed by atoms with E-state index in [0.717, 1.165) is 0 Å². The molecule has 0 bridgehead atoms. The van der Waals surface area contributed by atoms with Crippen molar-refractivity contribution < 1.29 is 74.7 Å². The highest BCUT2D eigenvalue weighted by molar-refractivity contribution is 8.46. The third-order valence-electron chi connectivity index (χ3n) is 7.37. The Kier molecular flexibility index (Phi) is 8.08. The smallest absolute Gasteiger partial charge is 0.404 e. The van der Waals surface area contributed by atoms with Gasteiger partial charge in [-0.25, -0.2) is 0 Å². The Bertz CT molecular complexity index is 2520. The standard InChI is InChI=1S/C28H10F16N4O2S6/c29-27(30,31)49-13-3-1-11(9-19(13)55(35,36,37,38)39)15-5-7-17(51-15)21-23-25(47-53-45-23)22(26-24(21)46-54-48-26)18-8-6-16(52-18)12-2-4-14(50-28(32,33)34)20(10-12)56(40,41,42,43)44/h1-10H. The van der Waals surface area contributed by atoms with E-state index >= 15 is 0 Å². The molecule has 1 aliphatic heterocycles. The third-order valence-corrected chi connectivity index (χ3v) is 13.0. The summed E-state index contributed by atoms with van der Waals surface area (Å²) < 4.78 is 239. The monoisotopic (exact) mass is 930 g/mol. The molecule has 0 atom stereocenters. The van der Waals surface area contributed by atoms with Crippen LogP contribution in [-0.4, -0.2) is 21.5 Å². The molecule has 0 amide bonds. The van der Waals surface area contributed by atoms with Gasteiger partial charge in [-0.15, -0.1) is 49.0 Å². The second kappa shape index (κ2) is 11.3. The molecule has 6 aromatic rings. The number of alkyl halides is 6. The van der Waals surface area contributed by atoms with Crippen LogP contribution in [-0.2, 0) is 11.4 Å².